The van der Waals surface area contributed by atoms with Gasteiger partial charge in [-0.2, -0.15) is 4.99 Å². The Morgan fingerprint density at radius 3 is 2.71 bits per heavy atom. The average Bonchev–Trinajstić information content (AvgIpc) is 2.55. The van der Waals surface area contributed by atoms with E-state index in [-0.39, 0.29) is 11.4 Å². The molecule has 0 fully saturated rings. The maximum atomic E-state index is 13.1. The van der Waals surface area contributed by atoms with Crippen LogP contribution in [0.15, 0.2) is 52.3 Å². The first kappa shape index (κ1) is 14.9. The second-order valence-corrected chi connectivity index (χ2v) is 6.75. The topological polar surface area (TPSA) is 94.4 Å². The summed E-state index contributed by atoms with van der Waals surface area (Å²) >= 11 is 7.48. The fraction of sp³-hybridized carbons (Fsp3) is 0. The molecule has 0 aliphatic carbocycles. The summed E-state index contributed by atoms with van der Waals surface area (Å²) in [6.07, 6.45) is 0. The summed E-state index contributed by atoms with van der Waals surface area (Å²) in [7, 11) is 0. The van der Waals surface area contributed by atoms with Gasteiger partial charge in [0.05, 0.1) is 15.6 Å². The van der Waals surface area contributed by atoms with Gasteiger partial charge in [-0.25, -0.2) is 4.98 Å². The first-order valence-corrected chi connectivity index (χ1v) is 8.28. The Morgan fingerprint density at radius 2 is 1.92 bits per heavy atom. The lowest BCUT2D eigenvalue weighted by Gasteiger charge is -2.07. The van der Waals surface area contributed by atoms with Gasteiger partial charge in [-0.3, -0.25) is 4.79 Å². The van der Waals surface area contributed by atoms with Crippen molar-refractivity contribution < 1.29 is 0 Å². The minimum atomic E-state index is -0.105. The Kier molecular flexibility index (Phi) is 3.37. The normalized spacial score (nSPS) is 11.2. The summed E-state index contributed by atoms with van der Waals surface area (Å²) in [6.45, 7) is 0. The van der Waals surface area contributed by atoms with E-state index in [2.05, 4.69) is 9.98 Å². The van der Waals surface area contributed by atoms with Gasteiger partial charge in [0.1, 0.15) is 0 Å². The van der Waals surface area contributed by atoms with Gasteiger partial charge < -0.3 is 11.5 Å². The van der Waals surface area contributed by atoms with E-state index in [1.54, 1.807) is 12.1 Å². The van der Waals surface area contributed by atoms with Crippen LogP contribution in [0.4, 0.5) is 5.82 Å². The van der Waals surface area contributed by atoms with Crippen molar-refractivity contribution >= 4 is 65.8 Å². The molecule has 0 amide bonds. The number of fused-ring (bicyclic) bond motifs is 4. The first-order valence-electron chi connectivity index (χ1n) is 7.09. The molecule has 118 valence electrons. The smallest absolute Gasteiger partial charge is 0.196 e. The summed E-state index contributed by atoms with van der Waals surface area (Å²) in [6, 6.07) is 12.7. The number of hydrogen-bond donors (Lipinski definition) is 2. The molecule has 24 heavy (non-hydrogen) atoms. The molecule has 2 aromatic heterocycles. The molecule has 0 radical (unpaired) electrons. The molecule has 4 N–H and O–H groups in total. The number of aliphatic imine (C=N–C) groups is 1. The summed E-state index contributed by atoms with van der Waals surface area (Å²) in [5, 5.41) is 2.42. The summed E-state index contributed by atoms with van der Waals surface area (Å²) < 4.78 is 1.46. The first-order chi connectivity index (χ1) is 11.5. The highest BCUT2D eigenvalue weighted by molar-refractivity contribution is 7.25. The number of pyridine rings is 1. The number of aromatic nitrogens is 1. The standard InChI is InChI=1S/C17H11ClN4OS/c18-8-5-6-12-10(7-8)14(23)13-9-3-1-2-4-11(9)21-16(15(13)24-12)22-17(19)20/h1-7H,(H4,19,20,21,22). The predicted octanol–water partition coefficient (Wildman–Crippen LogP) is 3.52. The molecule has 4 rings (SSSR count). The average molecular weight is 355 g/mol. The van der Waals surface area contributed by atoms with Crippen LogP contribution in [0.2, 0.25) is 5.02 Å². The van der Waals surface area contributed by atoms with Gasteiger partial charge in [-0.15, -0.1) is 11.3 Å². The maximum absolute atomic E-state index is 13.1. The third-order valence-electron chi connectivity index (χ3n) is 3.69. The molecule has 0 spiro atoms. The van der Waals surface area contributed by atoms with Crippen LogP contribution >= 0.6 is 22.9 Å². The molecule has 0 saturated carbocycles. The zero-order valence-corrected chi connectivity index (χ0v) is 13.9. The number of nitrogens with two attached hydrogens (primary N) is 2. The van der Waals surface area contributed by atoms with Gasteiger partial charge in [0.15, 0.2) is 17.2 Å². The van der Waals surface area contributed by atoms with Gasteiger partial charge >= 0.3 is 0 Å². The molecule has 0 aliphatic rings. The van der Waals surface area contributed by atoms with E-state index in [9.17, 15) is 4.79 Å². The molecular formula is C17H11ClN4OS. The van der Waals surface area contributed by atoms with E-state index in [1.165, 1.54) is 11.3 Å². The lowest BCUT2D eigenvalue weighted by molar-refractivity contribution is 1.33. The second-order valence-electron chi connectivity index (χ2n) is 5.27. The van der Waals surface area contributed by atoms with Crippen molar-refractivity contribution in [1.82, 2.24) is 4.98 Å². The van der Waals surface area contributed by atoms with Crippen molar-refractivity contribution in [3.05, 3.63) is 57.7 Å². The number of halogens is 1. The van der Waals surface area contributed by atoms with Crippen molar-refractivity contribution in [2.45, 2.75) is 0 Å². The zero-order chi connectivity index (χ0) is 16.8. The van der Waals surface area contributed by atoms with E-state index in [0.29, 0.717) is 31.8 Å². The van der Waals surface area contributed by atoms with Gasteiger partial charge in [0.25, 0.3) is 0 Å². The lowest BCUT2D eigenvalue weighted by Crippen LogP contribution is -2.22. The Bertz CT molecular complexity index is 1210. The highest BCUT2D eigenvalue weighted by Gasteiger charge is 2.15. The van der Waals surface area contributed by atoms with E-state index in [4.69, 9.17) is 23.1 Å². The van der Waals surface area contributed by atoms with E-state index in [0.717, 1.165) is 10.1 Å². The van der Waals surface area contributed by atoms with Gasteiger partial charge in [-0.1, -0.05) is 29.8 Å². The van der Waals surface area contributed by atoms with Crippen molar-refractivity contribution in [3.8, 4) is 0 Å². The largest absolute Gasteiger partial charge is 0.370 e. The monoisotopic (exact) mass is 354 g/mol. The van der Waals surface area contributed by atoms with Crippen LogP contribution in [0.5, 0.6) is 0 Å². The molecule has 0 saturated heterocycles. The SMILES string of the molecule is NC(N)=Nc1nc2ccccc2c2c(=O)c3cc(Cl)ccc3sc12. The van der Waals surface area contributed by atoms with Crippen LogP contribution in [-0.2, 0) is 0 Å². The van der Waals surface area contributed by atoms with Gasteiger partial charge in [0, 0.05) is 20.5 Å². The lowest BCUT2D eigenvalue weighted by atomic mass is 10.1. The number of rotatable bonds is 1. The molecule has 2 heterocycles. The molecule has 5 nitrogen and oxygen atoms in total. The number of hydrogen-bond acceptors (Lipinski definition) is 4. The molecule has 0 atom stereocenters. The molecule has 0 bridgehead atoms. The summed E-state index contributed by atoms with van der Waals surface area (Å²) in [5.41, 5.74) is 11.6. The molecule has 0 unspecified atom stereocenters. The Balaban J connectivity index is 2.33. The van der Waals surface area contributed by atoms with Crippen LogP contribution in [-0.4, -0.2) is 10.9 Å². The molecular weight excluding hydrogens is 344 g/mol. The Hall–Kier alpha value is -2.70. The van der Waals surface area contributed by atoms with Crippen LogP contribution in [0, 0.1) is 0 Å². The molecule has 7 heteroatoms. The molecule has 0 aliphatic heterocycles. The minimum Gasteiger partial charge on any atom is -0.370 e. The molecule has 4 aromatic rings. The summed E-state index contributed by atoms with van der Waals surface area (Å²) in [5.74, 6) is 0.248. The van der Waals surface area contributed by atoms with Gasteiger partial charge in [-0.05, 0) is 24.3 Å². The van der Waals surface area contributed by atoms with E-state index in [1.807, 2.05) is 30.3 Å². The van der Waals surface area contributed by atoms with Crippen molar-refractivity contribution in [3.63, 3.8) is 0 Å². The van der Waals surface area contributed by atoms with Gasteiger partial charge in [0.2, 0.25) is 0 Å². The number of benzene rings is 2. The van der Waals surface area contributed by atoms with Crippen LogP contribution in [0.1, 0.15) is 0 Å². The Morgan fingerprint density at radius 1 is 1.12 bits per heavy atom. The quantitative estimate of drug-likeness (QED) is 0.236. The number of para-hydroxylation sites is 1. The molecule has 2 aromatic carbocycles. The fourth-order valence-corrected chi connectivity index (χ4v) is 3.99. The van der Waals surface area contributed by atoms with Crippen molar-refractivity contribution in [2.75, 3.05) is 0 Å². The Labute approximate surface area is 145 Å². The maximum Gasteiger partial charge on any atom is 0.196 e. The van der Waals surface area contributed by atoms with Crippen molar-refractivity contribution in [2.24, 2.45) is 16.5 Å². The number of nitrogens with zero attached hydrogens (tertiary/aromatic N) is 2. The number of guanidine groups is 1. The third kappa shape index (κ3) is 2.28. The summed E-state index contributed by atoms with van der Waals surface area (Å²) in [4.78, 5) is 21.7. The minimum absolute atomic E-state index is 0.102. The van der Waals surface area contributed by atoms with Crippen LogP contribution < -0.4 is 16.9 Å². The fourth-order valence-electron chi connectivity index (χ4n) is 2.71. The van der Waals surface area contributed by atoms with Crippen molar-refractivity contribution in [1.29, 1.82) is 0 Å². The van der Waals surface area contributed by atoms with E-state index >= 15 is 0 Å². The van der Waals surface area contributed by atoms with E-state index < -0.39 is 0 Å². The zero-order valence-electron chi connectivity index (χ0n) is 12.3. The predicted molar refractivity (Wildman–Crippen MR) is 101 cm³/mol. The third-order valence-corrected chi connectivity index (χ3v) is 5.09. The van der Waals surface area contributed by atoms with Crippen LogP contribution in [0.3, 0.4) is 0 Å². The second kappa shape index (κ2) is 5.43. The van der Waals surface area contributed by atoms with Crippen LogP contribution in [0.25, 0.3) is 31.1 Å². The highest BCUT2D eigenvalue weighted by Crippen LogP contribution is 2.35. The highest BCUT2D eigenvalue weighted by atomic mass is 35.5.